The Bertz CT molecular complexity index is 1960. The van der Waals surface area contributed by atoms with Gasteiger partial charge in [-0.3, -0.25) is 14.4 Å². The number of halogens is 2. The maximum Gasteiger partial charge on any atom is 0.272 e. The Morgan fingerprint density at radius 2 is 1.37 bits per heavy atom. The van der Waals surface area contributed by atoms with Crippen LogP contribution >= 0.6 is 35.0 Å². The number of carbonyl (C=O) groups excluding carboxylic acids is 3. The SMILES string of the molecule is COc1cc(OC)c(NC(=O)C(Sc2ccc(NC(=O)/C(=C/c3ccc(Cl)cc3)NC(=O)c3ccccc3)cc2)c2ccccc2)cc1Cl. The van der Waals surface area contributed by atoms with Crippen LogP contribution in [0.2, 0.25) is 10.0 Å². The van der Waals surface area contributed by atoms with Crippen molar-refractivity contribution in [2.75, 3.05) is 24.9 Å². The second kappa shape index (κ2) is 16.7. The van der Waals surface area contributed by atoms with Crippen LogP contribution in [0, 0.1) is 0 Å². The zero-order chi connectivity index (χ0) is 34.8. The van der Waals surface area contributed by atoms with E-state index in [0.29, 0.717) is 44.0 Å². The summed E-state index contributed by atoms with van der Waals surface area (Å²) in [5, 5.41) is 8.75. The predicted molar refractivity (Wildman–Crippen MR) is 197 cm³/mol. The molecule has 49 heavy (non-hydrogen) atoms. The van der Waals surface area contributed by atoms with Gasteiger partial charge in [0.15, 0.2) is 0 Å². The molecule has 0 aromatic heterocycles. The number of rotatable bonds is 12. The van der Waals surface area contributed by atoms with E-state index in [4.69, 9.17) is 32.7 Å². The molecule has 3 amide bonds. The van der Waals surface area contributed by atoms with Gasteiger partial charge < -0.3 is 25.4 Å². The fraction of sp³-hybridized carbons (Fsp3) is 0.0789. The number of benzene rings is 5. The molecule has 5 aromatic rings. The third kappa shape index (κ3) is 9.45. The number of carbonyl (C=O) groups is 3. The average Bonchev–Trinajstić information content (AvgIpc) is 3.12. The quantitative estimate of drug-likeness (QED) is 0.0882. The van der Waals surface area contributed by atoms with Crippen LogP contribution in [0.25, 0.3) is 6.08 Å². The van der Waals surface area contributed by atoms with E-state index in [1.807, 2.05) is 30.3 Å². The molecular formula is C38H31Cl2N3O5S. The zero-order valence-electron chi connectivity index (χ0n) is 26.4. The van der Waals surface area contributed by atoms with Gasteiger partial charge in [0.2, 0.25) is 5.91 Å². The zero-order valence-corrected chi connectivity index (χ0v) is 28.7. The molecule has 0 spiro atoms. The van der Waals surface area contributed by atoms with Crippen LogP contribution in [-0.2, 0) is 9.59 Å². The highest BCUT2D eigenvalue weighted by Crippen LogP contribution is 2.40. The molecule has 0 radical (unpaired) electrons. The Labute approximate surface area is 298 Å². The smallest absolute Gasteiger partial charge is 0.272 e. The van der Waals surface area contributed by atoms with Crippen molar-refractivity contribution >= 4 is 70.1 Å². The van der Waals surface area contributed by atoms with Gasteiger partial charge in [0.1, 0.15) is 22.4 Å². The molecule has 0 saturated carbocycles. The highest BCUT2D eigenvalue weighted by Gasteiger charge is 2.24. The molecule has 5 aromatic carbocycles. The number of amides is 3. The van der Waals surface area contributed by atoms with Gasteiger partial charge in [-0.25, -0.2) is 0 Å². The Kier molecular flexibility index (Phi) is 12.0. The Morgan fingerprint density at radius 1 is 0.735 bits per heavy atom. The summed E-state index contributed by atoms with van der Waals surface area (Å²) in [6.45, 7) is 0. The highest BCUT2D eigenvalue weighted by atomic mass is 35.5. The molecule has 0 bridgehead atoms. The largest absolute Gasteiger partial charge is 0.495 e. The maximum atomic E-state index is 13.7. The first-order valence-electron chi connectivity index (χ1n) is 14.9. The topological polar surface area (TPSA) is 106 Å². The summed E-state index contributed by atoms with van der Waals surface area (Å²) in [5.41, 5.74) is 2.80. The maximum absolute atomic E-state index is 13.7. The van der Waals surface area contributed by atoms with E-state index in [-0.39, 0.29) is 11.6 Å². The summed E-state index contributed by atoms with van der Waals surface area (Å²) >= 11 is 13.7. The van der Waals surface area contributed by atoms with E-state index in [9.17, 15) is 14.4 Å². The summed E-state index contributed by atoms with van der Waals surface area (Å²) < 4.78 is 10.7. The number of thioether (sulfide) groups is 1. The Balaban J connectivity index is 1.34. The van der Waals surface area contributed by atoms with Gasteiger partial charge in [0, 0.05) is 27.2 Å². The van der Waals surface area contributed by atoms with Crippen LogP contribution in [0.4, 0.5) is 11.4 Å². The highest BCUT2D eigenvalue weighted by molar-refractivity contribution is 8.00. The number of nitrogens with one attached hydrogen (secondary N) is 3. The Morgan fingerprint density at radius 3 is 2.00 bits per heavy atom. The van der Waals surface area contributed by atoms with Crippen molar-refractivity contribution in [2.24, 2.45) is 0 Å². The molecular weight excluding hydrogens is 681 g/mol. The van der Waals surface area contributed by atoms with Crippen molar-refractivity contribution in [3.05, 3.63) is 154 Å². The summed E-state index contributed by atoms with van der Waals surface area (Å²) in [4.78, 5) is 40.9. The van der Waals surface area contributed by atoms with Crippen LogP contribution in [0.1, 0.15) is 26.7 Å². The van der Waals surface area contributed by atoms with Crippen molar-refractivity contribution < 1.29 is 23.9 Å². The van der Waals surface area contributed by atoms with E-state index in [1.165, 1.54) is 26.0 Å². The second-order valence-electron chi connectivity index (χ2n) is 10.5. The first kappa shape index (κ1) is 35.1. The number of hydrogen-bond donors (Lipinski definition) is 3. The molecule has 5 rings (SSSR count). The first-order chi connectivity index (χ1) is 23.7. The van der Waals surface area contributed by atoms with E-state index >= 15 is 0 Å². The van der Waals surface area contributed by atoms with E-state index < -0.39 is 17.1 Å². The molecule has 0 aliphatic heterocycles. The fourth-order valence-electron chi connectivity index (χ4n) is 4.68. The van der Waals surface area contributed by atoms with Crippen molar-refractivity contribution in [2.45, 2.75) is 10.1 Å². The molecule has 1 atom stereocenters. The lowest BCUT2D eigenvalue weighted by molar-refractivity contribution is -0.116. The van der Waals surface area contributed by atoms with Crippen LogP contribution in [0.15, 0.2) is 132 Å². The lowest BCUT2D eigenvalue weighted by atomic mass is 10.1. The summed E-state index contributed by atoms with van der Waals surface area (Å²) in [7, 11) is 2.99. The standard InChI is InChI=1S/C38H31Cl2N3O5S/c1-47-33-23-34(48-2)31(22-30(33)40)42-38(46)35(25-9-5-3-6-10-25)49-29-19-17-28(18-20-29)41-37(45)32(21-24-13-15-27(39)16-14-24)43-36(44)26-11-7-4-8-12-26/h3-23,35H,1-2H3,(H,41,45)(H,42,46)(H,43,44)/b32-21-. The van der Waals surface area contributed by atoms with Crippen LogP contribution in [-0.4, -0.2) is 31.9 Å². The van der Waals surface area contributed by atoms with Crippen LogP contribution in [0.5, 0.6) is 11.5 Å². The van der Waals surface area contributed by atoms with Crippen molar-refractivity contribution in [1.29, 1.82) is 0 Å². The number of hydrogen-bond acceptors (Lipinski definition) is 6. The normalized spacial score (nSPS) is 11.6. The van der Waals surface area contributed by atoms with Gasteiger partial charge in [0.25, 0.3) is 11.8 Å². The molecule has 0 fully saturated rings. The Hall–Kier alpha value is -5.22. The minimum Gasteiger partial charge on any atom is -0.495 e. The summed E-state index contributed by atoms with van der Waals surface area (Å²) in [6, 6.07) is 35.1. The van der Waals surface area contributed by atoms with E-state index in [0.717, 1.165) is 10.5 Å². The lowest BCUT2D eigenvalue weighted by Gasteiger charge is -2.19. The molecule has 8 nitrogen and oxygen atoms in total. The van der Waals surface area contributed by atoms with Crippen LogP contribution < -0.4 is 25.4 Å². The third-order valence-electron chi connectivity index (χ3n) is 7.15. The monoisotopic (exact) mass is 711 g/mol. The summed E-state index contributed by atoms with van der Waals surface area (Å²) in [5.74, 6) is -0.421. The number of anilines is 2. The van der Waals surface area contributed by atoms with Crippen molar-refractivity contribution in [3.8, 4) is 11.5 Å². The molecule has 0 aliphatic rings. The molecule has 0 heterocycles. The minimum absolute atomic E-state index is 0.0458. The molecule has 3 N–H and O–H groups in total. The molecule has 1 unspecified atom stereocenters. The second-order valence-corrected chi connectivity index (χ2v) is 12.5. The number of methoxy groups -OCH3 is 2. The minimum atomic E-state index is -0.644. The molecule has 248 valence electrons. The fourth-order valence-corrected chi connectivity index (χ4v) is 6.07. The number of ether oxygens (including phenoxy) is 2. The van der Waals surface area contributed by atoms with E-state index in [2.05, 4.69) is 16.0 Å². The third-order valence-corrected chi connectivity index (χ3v) is 8.96. The van der Waals surface area contributed by atoms with Crippen LogP contribution in [0.3, 0.4) is 0 Å². The van der Waals surface area contributed by atoms with Gasteiger partial charge >= 0.3 is 0 Å². The summed E-state index contributed by atoms with van der Waals surface area (Å²) in [6.07, 6.45) is 1.57. The predicted octanol–water partition coefficient (Wildman–Crippen LogP) is 8.89. The van der Waals surface area contributed by atoms with Crippen molar-refractivity contribution in [3.63, 3.8) is 0 Å². The van der Waals surface area contributed by atoms with Gasteiger partial charge in [-0.05, 0) is 71.8 Å². The molecule has 11 heteroatoms. The van der Waals surface area contributed by atoms with Gasteiger partial charge in [-0.15, -0.1) is 11.8 Å². The van der Waals surface area contributed by atoms with Gasteiger partial charge in [-0.2, -0.15) is 0 Å². The van der Waals surface area contributed by atoms with Gasteiger partial charge in [0.05, 0.1) is 24.9 Å². The molecule has 0 saturated heterocycles. The van der Waals surface area contributed by atoms with Crippen molar-refractivity contribution in [1.82, 2.24) is 5.32 Å². The van der Waals surface area contributed by atoms with Gasteiger partial charge in [-0.1, -0.05) is 83.9 Å². The lowest BCUT2D eigenvalue weighted by Crippen LogP contribution is -2.30. The average molecular weight is 713 g/mol. The molecule has 0 aliphatic carbocycles. The van der Waals surface area contributed by atoms with E-state index in [1.54, 1.807) is 97.1 Å². The first-order valence-corrected chi connectivity index (χ1v) is 16.6.